The zero-order chi connectivity index (χ0) is 25.8. The van der Waals surface area contributed by atoms with Crippen LogP contribution in [0, 0.1) is 0 Å². The fraction of sp³-hybridized carbons (Fsp3) is 0.500. The maximum absolute atomic E-state index is 12.7. The minimum atomic E-state index is -0.668. The average Bonchev–Trinajstić information content (AvgIpc) is 2.85. The van der Waals surface area contributed by atoms with Gasteiger partial charge in [0.15, 0.2) is 0 Å². The van der Waals surface area contributed by atoms with E-state index in [2.05, 4.69) is 17.3 Å². The van der Waals surface area contributed by atoms with Crippen molar-refractivity contribution in [2.24, 2.45) is 0 Å². The van der Waals surface area contributed by atoms with Gasteiger partial charge in [0.05, 0.1) is 39.4 Å². The fourth-order valence-electron chi connectivity index (χ4n) is 4.30. The van der Waals surface area contributed by atoms with E-state index >= 15 is 0 Å². The van der Waals surface area contributed by atoms with E-state index in [0.29, 0.717) is 30.9 Å². The summed E-state index contributed by atoms with van der Waals surface area (Å²) in [5.74, 6) is -0.155. The Morgan fingerprint density at radius 2 is 1.69 bits per heavy atom. The normalized spacial score (nSPS) is 13.2. The van der Waals surface area contributed by atoms with Gasteiger partial charge in [0, 0.05) is 0 Å². The number of methoxy groups -OCH3 is 1. The Morgan fingerprint density at radius 1 is 0.972 bits per heavy atom. The fourth-order valence-corrected chi connectivity index (χ4v) is 4.30. The molecule has 1 amide bonds. The van der Waals surface area contributed by atoms with Crippen molar-refractivity contribution in [1.29, 1.82) is 0 Å². The van der Waals surface area contributed by atoms with Gasteiger partial charge in [0.2, 0.25) is 5.91 Å². The lowest BCUT2D eigenvalue weighted by Gasteiger charge is -2.38. The van der Waals surface area contributed by atoms with Crippen molar-refractivity contribution in [3.63, 3.8) is 0 Å². The predicted molar refractivity (Wildman–Crippen MR) is 138 cm³/mol. The van der Waals surface area contributed by atoms with Crippen LogP contribution in [0.15, 0.2) is 42.5 Å². The predicted octanol–water partition coefficient (Wildman–Crippen LogP) is 5.11. The maximum atomic E-state index is 12.7. The first-order valence-electron chi connectivity index (χ1n) is 12.8. The van der Waals surface area contributed by atoms with E-state index in [-0.39, 0.29) is 17.6 Å². The number of likely N-dealkylation sites (tertiary alicyclic amines) is 1. The maximum Gasteiger partial charge on any atom is 0.379 e. The molecule has 0 aliphatic carbocycles. The molecular formula is C28H38N2O6. The summed E-state index contributed by atoms with van der Waals surface area (Å²) in [6, 6.07) is 13.4. The molecule has 1 heterocycles. The van der Waals surface area contributed by atoms with Crippen LogP contribution in [0.1, 0.15) is 66.9 Å². The molecule has 1 aliphatic heterocycles. The summed E-state index contributed by atoms with van der Waals surface area (Å²) in [7, 11) is 2.82. The second-order valence-electron chi connectivity index (χ2n) is 9.04. The van der Waals surface area contributed by atoms with Gasteiger partial charge in [-0.3, -0.25) is 20.0 Å². The number of carbonyl (C=O) groups is 2. The molecule has 0 bridgehead atoms. The third-order valence-electron chi connectivity index (χ3n) is 6.34. The largest absolute Gasteiger partial charge is 0.495 e. The van der Waals surface area contributed by atoms with Crippen LogP contribution in [-0.4, -0.2) is 50.2 Å². The molecule has 1 fully saturated rings. The summed E-state index contributed by atoms with van der Waals surface area (Å²) in [4.78, 5) is 42.2. The topological polar surface area (TPSA) is 86.3 Å². The van der Waals surface area contributed by atoms with E-state index in [4.69, 9.17) is 14.5 Å². The molecule has 0 aromatic heterocycles. The third-order valence-corrected chi connectivity index (χ3v) is 6.34. The number of anilines is 1. The molecule has 0 atom stereocenters. The number of nitrogens with one attached hydrogen (secondary N) is 1. The quantitative estimate of drug-likeness (QED) is 0.207. The first-order valence-corrected chi connectivity index (χ1v) is 12.8. The van der Waals surface area contributed by atoms with Crippen LogP contribution in [0.25, 0.3) is 0 Å². The zero-order valence-electron chi connectivity index (χ0n) is 21.6. The van der Waals surface area contributed by atoms with Crippen molar-refractivity contribution in [2.75, 3.05) is 32.8 Å². The number of hydrogen-bond donors (Lipinski definition) is 1. The number of rotatable bonds is 15. The van der Waals surface area contributed by atoms with Gasteiger partial charge in [-0.15, -0.1) is 0 Å². The molecule has 1 aliphatic rings. The van der Waals surface area contributed by atoms with Crippen LogP contribution in [0.3, 0.4) is 0 Å². The minimum absolute atomic E-state index is 0.0612. The van der Waals surface area contributed by atoms with Gasteiger partial charge < -0.3 is 9.64 Å². The van der Waals surface area contributed by atoms with Crippen molar-refractivity contribution in [1.82, 2.24) is 4.90 Å². The zero-order valence-corrected chi connectivity index (χ0v) is 21.6. The van der Waals surface area contributed by atoms with Gasteiger partial charge in [-0.2, -0.15) is 4.89 Å². The lowest BCUT2D eigenvalue weighted by Crippen LogP contribution is -2.55. The molecule has 2 aromatic carbocycles. The molecule has 8 nitrogen and oxygen atoms in total. The Balaban J connectivity index is 1.58. The van der Waals surface area contributed by atoms with E-state index in [1.54, 1.807) is 11.0 Å². The summed E-state index contributed by atoms with van der Waals surface area (Å²) < 4.78 is 5.63. The Morgan fingerprint density at radius 3 is 2.39 bits per heavy atom. The van der Waals surface area contributed by atoms with Crippen LogP contribution in [0.5, 0.6) is 5.75 Å². The Kier molecular flexibility index (Phi) is 11.0. The first kappa shape index (κ1) is 27.5. The van der Waals surface area contributed by atoms with E-state index in [1.165, 1.54) is 39.9 Å². The van der Waals surface area contributed by atoms with Crippen LogP contribution in [0.4, 0.5) is 5.69 Å². The molecule has 0 unspecified atom stereocenters. The highest BCUT2D eigenvalue weighted by molar-refractivity contribution is 5.98. The van der Waals surface area contributed by atoms with Crippen molar-refractivity contribution < 1.29 is 28.9 Å². The minimum Gasteiger partial charge on any atom is -0.495 e. The molecule has 0 saturated carbocycles. The first-order chi connectivity index (χ1) is 17.6. The number of amides is 1. The summed E-state index contributed by atoms with van der Waals surface area (Å²) in [6.07, 6.45) is 8.04. The van der Waals surface area contributed by atoms with E-state index < -0.39 is 5.97 Å². The van der Waals surface area contributed by atoms with Gasteiger partial charge in [-0.1, -0.05) is 75.4 Å². The molecule has 36 heavy (non-hydrogen) atoms. The monoisotopic (exact) mass is 498 g/mol. The average molecular weight is 499 g/mol. The Bertz CT molecular complexity index is 976. The second kappa shape index (κ2) is 14.5. The van der Waals surface area contributed by atoms with Gasteiger partial charge >= 0.3 is 5.97 Å². The van der Waals surface area contributed by atoms with Gasteiger partial charge in [0.25, 0.3) is 0 Å². The van der Waals surface area contributed by atoms with Crippen LogP contribution in [-0.2, 0) is 32.2 Å². The number of benzene rings is 2. The number of hydrogen-bond acceptors (Lipinski definition) is 7. The number of unbranched alkanes of at least 4 members (excludes halogenated alkanes) is 5. The molecule has 1 N–H and O–H groups in total. The molecular weight excluding hydrogens is 460 g/mol. The highest BCUT2D eigenvalue weighted by Gasteiger charge is 2.32. The van der Waals surface area contributed by atoms with E-state index in [1.807, 2.05) is 36.4 Å². The lowest BCUT2D eigenvalue weighted by molar-refractivity contribution is -0.216. The van der Waals surface area contributed by atoms with Crippen molar-refractivity contribution in [3.05, 3.63) is 59.2 Å². The van der Waals surface area contributed by atoms with E-state index in [0.717, 1.165) is 30.4 Å². The lowest BCUT2D eigenvalue weighted by atomic mass is 10.0. The van der Waals surface area contributed by atoms with Crippen LogP contribution < -0.4 is 10.2 Å². The SMILES string of the molecule is CCCCCCCCc1ccc(NOC2CN(C(=O)Cc3ccccc3)C2)c(C(=O)OOC)c1OC. The van der Waals surface area contributed by atoms with Crippen LogP contribution >= 0.6 is 0 Å². The number of ether oxygens (including phenoxy) is 1. The molecule has 8 heteroatoms. The smallest absolute Gasteiger partial charge is 0.379 e. The third kappa shape index (κ3) is 7.70. The molecule has 196 valence electrons. The second-order valence-corrected chi connectivity index (χ2v) is 9.04. The summed E-state index contributed by atoms with van der Waals surface area (Å²) in [5.41, 5.74) is 5.45. The molecule has 3 rings (SSSR count). The summed E-state index contributed by atoms with van der Waals surface area (Å²) >= 11 is 0. The number of nitrogens with zero attached hydrogens (tertiary/aromatic N) is 1. The summed E-state index contributed by atoms with van der Waals surface area (Å²) in [5, 5.41) is 0. The van der Waals surface area contributed by atoms with Gasteiger partial charge in [-0.25, -0.2) is 4.79 Å². The van der Waals surface area contributed by atoms with Crippen molar-refractivity contribution in [2.45, 2.75) is 64.4 Å². The molecule has 0 spiro atoms. The number of carbonyl (C=O) groups excluding carboxylic acids is 2. The van der Waals surface area contributed by atoms with Gasteiger partial charge in [0.1, 0.15) is 17.4 Å². The highest BCUT2D eigenvalue weighted by Crippen LogP contribution is 2.33. The summed E-state index contributed by atoms with van der Waals surface area (Å²) in [6.45, 7) is 3.16. The number of aryl methyl sites for hydroxylation is 1. The van der Waals surface area contributed by atoms with Crippen molar-refractivity contribution >= 4 is 17.6 Å². The Hall–Kier alpha value is -3.10. The van der Waals surface area contributed by atoms with Crippen molar-refractivity contribution in [3.8, 4) is 5.75 Å². The molecule has 2 aromatic rings. The molecule has 1 saturated heterocycles. The molecule has 0 radical (unpaired) electrons. The van der Waals surface area contributed by atoms with Gasteiger partial charge in [-0.05, 0) is 30.0 Å². The highest BCUT2D eigenvalue weighted by atomic mass is 17.2. The van der Waals surface area contributed by atoms with E-state index in [9.17, 15) is 9.59 Å². The standard InChI is InChI=1S/C28H38N2O6/c1-4-5-6-7-8-12-15-22-16-17-24(26(27(22)33-2)28(32)36-34-3)29-35-23-19-30(20-23)25(31)18-21-13-10-9-11-14-21/h9-11,13-14,16-17,23,29H,4-8,12,15,18-20H2,1-3H3. The van der Waals surface area contributed by atoms with Crippen LogP contribution in [0.2, 0.25) is 0 Å². The Labute approximate surface area is 213 Å².